The Hall–Kier alpha value is -0.490. The van der Waals surface area contributed by atoms with Crippen LogP contribution in [0, 0.1) is 9.49 Å². The van der Waals surface area contributed by atoms with Gasteiger partial charge in [0.2, 0.25) is 0 Å². The van der Waals surface area contributed by atoms with Crippen LogP contribution in [0.1, 0.15) is 52.0 Å². The van der Waals surface area contributed by atoms with Crippen molar-refractivity contribution in [2.75, 3.05) is 7.11 Å². The van der Waals surface area contributed by atoms with Crippen molar-refractivity contribution in [2.24, 2.45) is 5.92 Å². The second-order valence-corrected chi connectivity index (χ2v) is 7.80. The van der Waals surface area contributed by atoms with Gasteiger partial charge in [-0.15, -0.1) is 0 Å². The number of halogens is 1. The smallest absolute Gasteiger partial charge is 0.174 e. The van der Waals surface area contributed by atoms with Gasteiger partial charge in [0.25, 0.3) is 0 Å². The van der Waals surface area contributed by atoms with Crippen LogP contribution in [0.25, 0.3) is 0 Å². The van der Waals surface area contributed by atoms with E-state index >= 15 is 0 Å². The van der Waals surface area contributed by atoms with Crippen molar-refractivity contribution in [2.45, 2.75) is 65.1 Å². The van der Waals surface area contributed by atoms with Gasteiger partial charge in [-0.05, 0) is 67.8 Å². The highest BCUT2D eigenvalue weighted by atomic mass is 127. The molecule has 1 aliphatic carbocycles. The molecule has 22 heavy (non-hydrogen) atoms. The summed E-state index contributed by atoms with van der Waals surface area (Å²) in [4.78, 5) is 0. The molecule has 0 amide bonds. The van der Waals surface area contributed by atoms with Crippen LogP contribution >= 0.6 is 22.6 Å². The SMILES string of the molecule is COc1cc(C[NH2+][C@@H]2CCCC[C@@H]2C)cc(I)c1OC(C)C. The minimum absolute atomic E-state index is 0.155. The van der Waals surface area contributed by atoms with Crippen molar-refractivity contribution in [3.63, 3.8) is 0 Å². The van der Waals surface area contributed by atoms with Crippen LogP contribution in [0.15, 0.2) is 12.1 Å². The molecule has 3 nitrogen and oxygen atoms in total. The number of ether oxygens (including phenoxy) is 2. The quantitative estimate of drug-likeness (QED) is 0.715. The lowest BCUT2D eigenvalue weighted by Gasteiger charge is -2.26. The summed E-state index contributed by atoms with van der Waals surface area (Å²) < 4.78 is 12.6. The highest BCUT2D eigenvalue weighted by Crippen LogP contribution is 2.34. The van der Waals surface area contributed by atoms with Crippen molar-refractivity contribution in [3.8, 4) is 11.5 Å². The van der Waals surface area contributed by atoms with E-state index in [9.17, 15) is 0 Å². The zero-order valence-electron chi connectivity index (χ0n) is 14.2. The molecule has 0 aliphatic heterocycles. The van der Waals surface area contributed by atoms with Gasteiger partial charge < -0.3 is 14.8 Å². The van der Waals surface area contributed by atoms with E-state index in [4.69, 9.17) is 9.47 Å². The van der Waals surface area contributed by atoms with Crippen molar-refractivity contribution < 1.29 is 14.8 Å². The summed E-state index contributed by atoms with van der Waals surface area (Å²) >= 11 is 2.35. The molecule has 0 aromatic heterocycles. The lowest BCUT2D eigenvalue weighted by atomic mass is 9.86. The monoisotopic (exact) mass is 418 g/mol. The predicted molar refractivity (Wildman–Crippen MR) is 98.5 cm³/mol. The Morgan fingerprint density at radius 2 is 2.00 bits per heavy atom. The second kappa shape index (κ2) is 8.39. The summed E-state index contributed by atoms with van der Waals surface area (Å²) in [6.45, 7) is 7.50. The Bertz CT molecular complexity index is 490. The first kappa shape index (κ1) is 17.9. The molecule has 0 heterocycles. The molecule has 2 N–H and O–H groups in total. The summed E-state index contributed by atoms with van der Waals surface area (Å²) in [5, 5.41) is 2.51. The Kier molecular flexibility index (Phi) is 6.81. The van der Waals surface area contributed by atoms with E-state index in [-0.39, 0.29) is 6.10 Å². The minimum atomic E-state index is 0.155. The number of nitrogens with two attached hydrogens (primary N) is 1. The molecule has 1 aliphatic rings. The van der Waals surface area contributed by atoms with Crippen LogP contribution in [0.2, 0.25) is 0 Å². The van der Waals surface area contributed by atoms with Crippen LogP contribution in [0.5, 0.6) is 11.5 Å². The Morgan fingerprint density at radius 3 is 2.64 bits per heavy atom. The molecule has 0 bridgehead atoms. The van der Waals surface area contributed by atoms with Crippen LogP contribution in [-0.2, 0) is 6.54 Å². The van der Waals surface area contributed by atoms with Crippen molar-refractivity contribution in [1.82, 2.24) is 0 Å². The summed E-state index contributed by atoms with van der Waals surface area (Å²) in [5.41, 5.74) is 1.31. The van der Waals surface area contributed by atoms with Gasteiger partial charge in [0.05, 0.1) is 22.8 Å². The highest BCUT2D eigenvalue weighted by Gasteiger charge is 2.24. The van der Waals surface area contributed by atoms with Gasteiger partial charge in [-0.3, -0.25) is 0 Å². The van der Waals surface area contributed by atoms with E-state index in [1.807, 2.05) is 13.8 Å². The molecule has 1 fully saturated rings. The minimum Gasteiger partial charge on any atom is -0.493 e. The molecule has 124 valence electrons. The third kappa shape index (κ3) is 4.75. The third-order valence-electron chi connectivity index (χ3n) is 4.48. The summed E-state index contributed by atoms with van der Waals surface area (Å²) in [7, 11) is 1.72. The number of quaternary nitrogens is 1. The lowest BCUT2D eigenvalue weighted by Crippen LogP contribution is -2.90. The summed E-state index contributed by atoms with van der Waals surface area (Å²) in [6, 6.07) is 5.12. The molecule has 1 aromatic rings. The molecule has 4 heteroatoms. The maximum Gasteiger partial charge on any atom is 0.174 e. The van der Waals surface area contributed by atoms with Gasteiger partial charge in [0.15, 0.2) is 11.5 Å². The van der Waals surface area contributed by atoms with Gasteiger partial charge in [-0.25, -0.2) is 0 Å². The van der Waals surface area contributed by atoms with E-state index < -0.39 is 0 Å². The molecule has 2 rings (SSSR count). The molecule has 0 spiro atoms. The van der Waals surface area contributed by atoms with E-state index in [0.29, 0.717) is 0 Å². The molecular formula is C18H29INO2+. The molecular weight excluding hydrogens is 389 g/mol. The fraction of sp³-hybridized carbons (Fsp3) is 0.667. The Morgan fingerprint density at radius 1 is 1.27 bits per heavy atom. The zero-order valence-corrected chi connectivity index (χ0v) is 16.4. The number of rotatable bonds is 6. The van der Waals surface area contributed by atoms with E-state index in [1.54, 1.807) is 7.11 Å². The van der Waals surface area contributed by atoms with Crippen molar-refractivity contribution >= 4 is 22.6 Å². The molecule has 0 unspecified atom stereocenters. The second-order valence-electron chi connectivity index (χ2n) is 6.64. The molecule has 0 saturated heterocycles. The fourth-order valence-electron chi connectivity index (χ4n) is 3.22. The maximum absolute atomic E-state index is 5.89. The number of hydrogen-bond donors (Lipinski definition) is 1. The Balaban J connectivity index is 2.06. The first-order valence-electron chi connectivity index (χ1n) is 8.37. The number of methoxy groups -OCH3 is 1. The topological polar surface area (TPSA) is 35.1 Å². The molecule has 1 saturated carbocycles. The number of hydrogen-bond acceptors (Lipinski definition) is 2. The van der Waals surface area contributed by atoms with E-state index in [0.717, 1.165) is 33.6 Å². The van der Waals surface area contributed by atoms with Crippen LogP contribution < -0.4 is 14.8 Å². The molecule has 1 aromatic carbocycles. The van der Waals surface area contributed by atoms with E-state index in [1.165, 1.54) is 31.2 Å². The van der Waals surface area contributed by atoms with E-state index in [2.05, 4.69) is 47.0 Å². The van der Waals surface area contributed by atoms with Gasteiger partial charge in [-0.1, -0.05) is 13.3 Å². The van der Waals surface area contributed by atoms with Crippen LogP contribution in [0.3, 0.4) is 0 Å². The van der Waals surface area contributed by atoms with Gasteiger partial charge in [0, 0.05) is 11.5 Å². The Labute approximate surface area is 148 Å². The largest absolute Gasteiger partial charge is 0.493 e. The average Bonchev–Trinajstić information content (AvgIpc) is 2.48. The summed E-state index contributed by atoms with van der Waals surface area (Å²) in [6.07, 6.45) is 5.67. The van der Waals surface area contributed by atoms with Crippen LogP contribution in [-0.4, -0.2) is 19.3 Å². The third-order valence-corrected chi connectivity index (χ3v) is 5.28. The molecule has 2 atom stereocenters. The first-order valence-corrected chi connectivity index (χ1v) is 9.45. The van der Waals surface area contributed by atoms with Crippen LogP contribution in [0.4, 0.5) is 0 Å². The number of benzene rings is 1. The predicted octanol–water partition coefficient (Wildman–Crippen LogP) is 3.73. The summed E-state index contributed by atoms with van der Waals surface area (Å²) in [5.74, 6) is 2.55. The van der Waals surface area contributed by atoms with Gasteiger partial charge in [0.1, 0.15) is 6.54 Å². The average molecular weight is 418 g/mol. The van der Waals surface area contributed by atoms with Crippen molar-refractivity contribution in [3.05, 3.63) is 21.3 Å². The molecule has 0 radical (unpaired) electrons. The highest BCUT2D eigenvalue weighted by molar-refractivity contribution is 14.1. The lowest BCUT2D eigenvalue weighted by molar-refractivity contribution is -0.712. The van der Waals surface area contributed by atoms with Gasteiger partial charge in [-0.2, -0.15) is 0 Å². The maximum atomic E-state index is 5.89. The first-order chi connectivity index (χ1) is 10.5. The normalized spacial score (nSPS) is 21.9. The fourth-order valence-corrected chi connectivity index (χ4v) is 4.02. The van der Waals surface area contributed by atoms with Crippen molar-refractivity contribution in [1.29, 1.82) is 0 Å². The zero-order chi connectivity index (χ0) is 16.1. The standard InChI is InChI=1S/C18H28INO2/c1-12(2)22-18-15(19)9-14(10-17(18)21-4)11-20-16-8-6-5-7-13(16)3/h9-10,12-13,16,20H,5-8,11H2,1-4H3/p+1/t13-,16+/m0/s1. The van der Waals surface area contributed by atoms with Gasteiger partial charge >= 0.3 is 0 Å².